The summed E-state index contributed by atoms with van der Waals surface area (Å²) >= 11 is 1.39. The lowest BCUT2D eigenvalue weighted by Crippen LogP contribution is -2.26. The SMILES string of the molecule is O=C(NCc1cnsc1)c1cnc2n1CCCC2. The quantitative estimate of drug-likeness (QED) is 0.914. The first-order chi connectivity index (χ1) is 8.84. The van der Waals surface area contributed by atoms with Crippen LogP contribution < -0.4 is 5.32 Å². The van der Waals surface area contributed by atoms with Crippen LogP contribution in [0.3, 0.4) is 0 Å². The third-order valence-electron chi connectivity index (χ3n) is 3.14. The van der Waals surface area contributed by atoms with Gasteiger partial charge >= 0.3 is 0 Å². The van der Waals surface area contributed by atoms with Crippen LogP contribution in [0.2, 0.25) is 0 Å². The molecule has 1 N–H and O–H groups in total. The molecule has 2 aromatic heterocycles. The van der Waals surface area contributed by atoms with Gasteiger partial charge in [-0.1, -0.05) is 0 Å². The standard InChI is InChI=1S/C12H14N4OS/c17-12(14-5-9-6-15-18-8-9)10-7-13-11-3-1-2-4-16(10)11/h6-8H,1-5H2,(H,14,17). The van der Waals surface area contributed by atoms with Crippen molar-refractivity contribution in [2.24, 2.45) is 0 Å². The van der Waals surface area contributed by atoms with Gasteiger partial charge in [0.05, 0.1) is 6.20 Å². The van der Waals surface area contributed by atoms with Crippen molar-refractivity contribution in [3.8, 4) is 0 Å². The maximum atomic E-state index is 12.1. The maximum Gasteiger partial charge on any atom is 0.269 e. The van der Waals surface area contributed by atoms with Crippen LogP contribution in [0.15, 0.2) is 17.8 Å². The van der Waals surface area contributed by atoms with Crippen molar-refractivity contribution in [1.29, 1.82) is 0 Å². The van der Waals surface area contributed by atoms with Gasteiger partial charge in [-0.2, -0.15) is 0 Å². The lowest BCUT2D eigenvalue weighted by Gasteiger charge is -2.15. The second-order valence-electron chi connectivity index (χ2n) is 4.38. The number of aryl methyl sites for hydroxylation is 1. The predicted octanol–water partition coefficient (Wildman–Crippen LogP) is 1.61. The van der Waals surface area contributed by atoms with Gasteiger partial charge in [-0.3, -0.25) is 4.79 Å². The molecule has 0 aromatic carbocycles. The molecule has 5 nitrogen and oxygen atoms in total. The summed E-state index contributed by atoms with van der Waals surface area (Å²) in [5.41, 5.74) is 1.71. The normalized spacial score (nSPS) is 14.2. The van der Waals surface area contributed by atoms with Crippen LogP contribution in [-0.4, -0.2) is 19.8 Å². The van der Waals surface area contributed by atoms with Crippen LogP contribution >= 0.6 is 11.5 Å². The largest absolute Gasteiger partial charge is 0.347 e. The second-order valence-corrected chi connectivity index (χ2v) is 5.04. The molecule has 0 fully saturated rings. The lowest BCUT2D eigenvalue weighted by molar-refractivity contribution is 0.0940. The number of nitrogens with zero attached hydrogens (tertiary/aromatic N) is 3. The van der Waals surface area contributed by atoms with Crippen LogP contribution in [0.4, 0.5) is 0 Å². The van der Waals surface area contributed by atoms with Crippen LogP contribution in [0.1, 0.15) is 34.7 Å². The fourth-order valence-corrected chi connectivity index (χ4v) is 2.72. The Kier molecular flexibility index (Phi) is 3.10. The van der Waals surface area contributed by atoms with Gasteiger partial charge < -0.3 is 9.88 Å². The number of hydrogen-bond donors (Lipinski definition) is 1. The smallest absolute Gasteiger partial charge is 0.269 e. The highest BCUT2D eigenvalue weighted by Crippen LogP contribution is 2.16. The Hall–Kier alpha value is -1.69. The number of aromatic nitrogens is 3. The Morgan fingerprint density at radius 3 is 3.22 bits per heavy atom. The fraction of sp³-hybridized carbons (Fsp3) is 0.417. The first-order valence-electron chi connectivity index (χ1n) is 6.05. The summed E-state index contributed by atoms with van der Waals surface area (Å²) < 4.78 is 6.04. The van der Waals surface area contributed by atoms with Gasteiger partial charge in [-0.05, 0) is 24.4 Å². The van der Waals surface area contributed by atoms with E-state index in [0.717, 1.165) is 30.8 Å². The number of carbonyl (C=O) groups excluding carboxylic acids is 1. The molecule has 1 amide bonds. The van der Waals surface area contributed by atoms with E-state index in [1.807, 2.05) is 9.95 Å². The molecule has 0 spiro atoms. The number of fused-ring (bicyclic) bond motifs is 1. The van der Waals surface area contributed by atoms with Gasteiger partial charge in [0.25, 0.3) is 5.91 Å². The monoisotopic (exact) mass is 262 g/mol. The van der Waals surface area contributed by atoms with Crippen molar-refractivity contribution < 1.29 is 4.79 Å². The van der Waals surface area contributed by atoms with Gasteiger partial charge in [0.2, 0.25) is 0 Å². The summed E-state index contributed by atoms with van der Waals surface area (Å²) in [7, 11) is 0. The summed E-state index contributed by atoms with van der Waals surface area (Å²) in [6.45, 7) is 1.42. The van der Waals surface area contributed by atoms with Crippen molar-refractivity contribution in [3.05, 3.63) is 34.9 Å². The third kappa shape index (κ3) is 2.15. The van der Waals surface area contributed by atoms with Gasteiger partial charge in [-0.25, -0.2) is 9.36 Å². The number of rotatable bonds is 3. The molecule has 2 aromatic rings. The topological polar surface area (TPSA) is 59.8 Å². The Morgan fingerprint density at radius 1 is 1.44 bits per heavy atom. The molecule has 18 heavy (non-hydrogen) atoms. The van der Waals surface area contributed by atoms with Gasteiger partial charge in [0.15, 0.2) is 0 Å². The summed E-state index contributed by atoms with van der Waals surface area (Å²) in [6.07, 6.45) is 6.72. The number of imidazole rings is 1. The minimum Gasteiger partial charge on any atom is -0.347 e. The zero-order valence-corrected chi connectivity index (χ0v) is 10.7. The highest BCUT2D eigenvalue weighted by Gasteiger charge is 2.18. The first-order valence-corrected chi connectivity index (χ1v) is 6.89. The molecule has 0 aliphatic carbocycles. The zero-order valence-electron chi connectivity index (χ0n) is 9.93. The minimum atomic E-state index is -0.0538. The van der Waals surface area contributed by atoms with Gasteiger partial charge in [-0.15, -0.1) is 0 Å². The molecule has 0 bridgehead atoms. The van der Waals surface area contributed by atoms with E-state index in [2.05, 4.69) is 14.7 Å². The van der Waals surface area contributed by atoms with Crippen molar-refractivity contribution in [2.75, 3.05) is 0 Å². The Labute approximate surface area is 109 Å². The van der Waals surface area contributed by atoms with E-state index >= 15 is 0 Å². The molecule has 0 atom stereocenters. The van der Waals surface area contributed by atoms with E-state index in [-0.39, 0.29) is 5.91 Å². The van der Waals surface area contributed by atoms with Crippen molar-refractivity contribution in [2.45, 2.75) is 32.4 Å². The van der Waals surface area contributed by atoms with E-state index in [1.54, 1.807) is 12.4 Å². The van der Waals surface area contributed by atoms with E-state index in [4.69, 9.17) is 0 Å². The molecule has 0 saturated heterocycles. The molecule has 6 heteroatoms. The molecule has 1 aliphatic rings. The Bertz CT molecular complexity index is 546. The summed E-state index contributed by atoms with van der Waals surface area (Å²) in [5.74, 6) is 0.977. The number of hydrogen-bond acceptors (Lipinski definition) is 4. The molecular formula is C12H14N4OS. The molecule has 1 aliphatic heterocycles. The van der Waals surface area contributed by atoms with Gasteiger partial charge in [0.1, 0.15) is 11.5 Å². The lowest BCUT2D eigenvalue weighted by atomic mass is 10.1. The number of amides is 1. The van der Waals surface area contributed by atoms with Crippen LogP contribution in [0, 0.1) is 0 Å². The van der Waals surface area contributed by atoms with E-state index < -0.39 is 0 Å². The Morgan fingerprint density at radius 2 is 2.39 bits per heavy atom. The van der Waals surface area contributed by atoms with Gasteiger partial charge in [0, 0.05) is 36.7 Å². The second kappa shape index (κ2) is 4.89. The van der Waals surface area contributed by atoms with Crippen molar-refractivity contribution >= 4 is 17.4 Å². The average molecular weight is 262 g/mol. The predicted molar refractivity (Wildman–Crippen MR) is 68.4 cm³/mol. The minimum absolute atomic E-state index is 0.0538. The van der Waals surface area contributed by atoms with E-state index in [1.165, 1.54) is 18.0 Å². The highest BCUT2D eigenvalue weighted by atomic mass is 32.1. The van der Waals surface area contributed by atoms with E-state index in [9.17, 15) is 4.79 Å². The molecule has 0 radical (unpaired) electrons. The van der Waals surface area contributed by atoms with Crippen molar-refractivity contribution in [3.63, 3.8) is 0 Å². The van der Waals surface area contributed by atoms with Crippen LogP contribution in [0.25, 0.3) is 0 Å². The van der Waals surface area contributed by atoms with E-state index in [0.29, 0.717) is 12.2 Å². The Balaban J connectivity index is 1.70. The molecule has 3 rings (SSSR count). The molecule has 0 saturated carbocycles. The molecule has 94 valence electrons. The summed E-state index contributed by atoms with van der Waals surface area (Å²) in [6, 6.07) is 0. The highest BCUT2D eigenvalue weighted by molar-refractivity contribution is 7.03. The number of nitrogens with one attached hydrogen (secondary N) is 1. The van der Waals surface area contributed by atoms with Crippen LogP contribution in [-0.2, 0) is 19.5 Å². The summed E-state index contributed by atoms with van der Waals surface area (Å²) in [4.78, 5) is 16.4. The maximum absolute atomic E-state index is 12.1. The zero-order chi connectivity index (χ0) is 12.4. The molecule has 0 unspecified atom stereocenters. The first kappa shape index (κ1) is 11.4. The molecular weight excluding hydrogens is 248 g/mol. The van der Waals surface area contributed by atoms with Crippen molar-refractivity contribution in [1.82, 2.24) is 19.2 Å². The third-order valence-corrected chi connectivity index (χ3v) is 3.77. The summed E-state index contributed by atoms with van der Waals surface area (Å²) in [5, 5.41) is 4.84. The average Bonchev–Trinajstić information content (AvgIpc) is 3.05. The fourth-order valence-electron chi connectivity index (χ4n) is 2.18. The van der Waals surface area contributed by atoms with Crippen LogP contribution in [0.5, 0.6) is 0 Å². The molecule has 3 heterocycles. The number of carbonyl (C=O) groups is 1.